The number of rotatable bonds is 15. The molecule has 1 saturated heterocycles. The number of nitrogens with one attached hydrogen (secondary N) is 1. The Hall–Kier alpha value is -6.39. The van der Waals surface area contributed by atoms with E-state index in [9.17, 15) is 24.0 Å². The van der Waals surface area contributed by atoms with Crippen molar-refractivity contribution >= 4 is 41.3 Å². The van der Waals surface area contributed by atoms with Gasteiger partial charge in [0.15, 0.2) is 11.3 Å². The molecule has 2 aromatic carbocycles. The number of carboxylic acid groups (broad SMARTS) is 4. The Bertz CT molecular complexity index is 1770. The van der Waals surface area contributed by atoms with Crippen LogP contribution in [0, 0.1) is 0 Å². The number of hydrogen-bond acceptors (Lipinski definition) is 11. The summed E-state index contributed by atoms with van der Waals surface area (Å²) in [6.45, 7) is 6.02. The molecule has 54 heavy (non-hydrogen) atoms. The van der Waals surface area contributed by atoms with E-state index in [1.54, 1.807) is 17.6 Å². The van der Waals surface area contributed by atoms with E-state index in [4.69, 9.17) is 29.9 Å². The summed E-state index contributed by atoms with van der Waals surface area (Å²) in [5, 5.41) is 39.1. The highest BCUT2D eigenvalue weighted by Gasteiger charge is 2.24. The highest BCUT2D eigenvalue weighted by atomic mass is 16.5. The van der Waals surface area contributed by atoms with Crippen LogP contribution in [0.15, 0.2) is 103 Å². The number of imidazole rings is 1. The summed E-state index contributed by atoms with van der Waals surface area (Å²) in [5.74, 6) is -4.71. The standard InChI is InChI=1S/C30H35N5O3.2C4H4O4/c1-2-37-30(36)26-22-35-28(32-26)15-14-27(33-35)31-18-9-19-34-20-16-25(17-21-34)38-29(23-10-5-3-6-11-23)24-12-7-4-8-13-24;2*5-3(6)1-2-4(7)8/h3-8,10-15,22,25,29H,2,9,16-21H2,1H3,(H,31,33);2*1-2H,(H,5,6)(H,7,8). The Morgan fingerprint density at radius 3 is 1.80 bits per heavy atom. The van der Waals surface area contributed by atoms with Crippen molar-refractivity contribution in [2.45, 2.75) is 38.4 Å². The number of carboxylic acids is 4. The van der Waals surface area contributed by atoms with Crippen LogP contribution in [0.1, 0.15) is 53.9 Å². The lowest BCUT2D eigenvalue weighted by atomic mass is 10.00. The molecule has 0 bridgehead atoms. The van der Waals surface area contributed by atoms with Gasteiger partial charge in [-0.1, -0.05) is 60.7 Å². The maximum Gasteiger partial charge on any atom is 0.358 e. The van der Waals surface area contributed by atoms with Crippen molar-refractivity contribution in [2.75, 3.05) is 38.1 Å². The Labute approximate surface area is 311 Å². The molecule has 1 fully saturated rings. The van der Waals surface area contributed by atoms with Gasteiger partial charge in [0.25, 0.3) is 0 Å². The maximum absolute atomic E-state index is 11.9. The second-order valence-electron chi connectivity index (χ2n) is 11.5. The van der Waals surface area contributed by atoms with Gasteiger partial charge in [0, 0.05) is 43.9 Å². The third kappa shape index (κ3) is 15.5. The molecule has 1 aliphatic rings. The summed E-state index contributed by atoms with van der Waals surface area (Å²) < 4.78 is 13.3. The van der Waals surface area contributed by atoms with Crippen LogP contribution in [0.25, 0.3) is 5.65 Å². The number of esters is 1. The van der Waals surface area contributed by atoms with Gasteiger partial charge in [-0.05, 0) is 56.0 Å². The molecule has 0 atom stereocenters. The van der Waals surface area contributed by atoms with E-state index in [2.05, 4.69) is 68.8 Å². The van der Waals surface area contributed by atoms with Gasteiger partial charge in [0.2, 0.25) is 0 Å². The van der Waals surface area contributed by atoms with Gasteiger partial charge in [-0.2, -0.15) is 0 Å². The summed E-state index contributed by atoms with van der Waals surface area (Å²) in [7, 11) is 0. The monoisotopic (exact) mass is 745 g/mol. The number of carbonyl (C=O) groups excluding carboxylic acids is 1. The van der Waals surface area contributed by atoms with E-state index in [0.29, 0.717) is 36.6 Å². The number of fused-ring (bicyclic) bond motifs is 1. The number of likely N-dealkylation sites (tertiary alicyclic amines) is 1. The number of hydrogen-bond donors (Lipinski definition) is 5. The number of piperidine rings is 1. The van der Waals surface area contributed by atoms with Crippen molar-refractivity contribution in [3.63, 3.8) is 0 Å². The van der Waals surface area contributed by atoms with Crippen LogP contribution in [-0.4, -0.2) is 109 Å². The molecule has 0 unspecified atom stereocenters. The van der Waals surface area contributed by atoms with Crippen LogP contribution < -0.4 is 5.32 Å². The molecule has 16 nitrogen and oxygen atoms in total. The van der Waals surface area contributed by atoms with Crippen LogP contribution in [0.5, 0.6) is 0 Å². The van der Waals surface area contributed by atoms with Crippen LogP contribution in [0.3, 0.4) is 0 Å². The van der Waals surface area contributed by atoms with Gasteiger partial charge in [-0.3, -0.25) is 0 Å². The zero-order valence-corrected chi connectivity index (χ0v) is 29.6. The van der Waals surface area contributed by atoms with Gasteiger partial charge in [0.1, 0.15) is 11.9 Å². The zero-order chi connectivity index (χ0) is 39.3. The van der Waals surface area contributed by atoms with Crippen molar-refractivity contribution in [1.29, 1.82) is 0 Å². The quantitative estimate of drug-likeness (QED) is 0.0645. The number of aromatic nitrogens is 3. The summed E-state index contributed by atoms with van der Waals surface area (Å²) in [6.07, 6.45) is 7.13. The lowest BCUT2D eigenvalue weighted by Gasteiger charge is -2.34. The van der Waals surface area contributed by atoms with E-state index in [-0.39, 0.29) is 17.9 Å². The first kappa shape index (κ1) is 42.0. The van der Waals surface area contributed by atoms with Crippen LogP contribution in [-0.2, 0) is 28.7 Å². The largest absolute Gasteiger partial charge is 0.478 e. The van der Waals surface area contributed by atoms with Crippen molar-refractivity contribution in [3.8, 4) is 0 Å². The minimum atomic E-state index is -1.26. The molecular weight excluding hydrogens is 702 g/mol. The smallest absolute Gasteiger partial charge is 0.358 e. The van der Waals surface area contributed by atoms with Crippen molar-refractivity contribution < 1.29 is 53.9 Å². The fourth-order valence-corrected chi connectivity index (χ4v) is 5.15. The lowest BCUT2D eigenvalue weighted by molar-refractivity contribution is -0.134. The third-order valence-corrected chi connectivity index (χ3v) is 7.57. The highest BCUT2D eigenvalue weighted by Crippen LogP contribution is 2.30. The first-order valence-corrected chi connectivity index (χ1v) is 17.0. The molecule has 0 radical (unpaired) electrons. The van der Waals surface area contributed by atoms with Gasteiger partial charge in [0.05, 0.1) is 18.9 Å². The van der Waals surface area contributed by atoms with E-state index < -0.39 is 29.8 Å². The van der Waals surface area contributed by atoms with Gasteiger partial charge in [-0.15, -0.1) is 5.10 Å². The van der Waals surface area contributed by atoms with Crippen molar-refractivity contribution in [2.24, 2.45) is 0 Å². The normalized spacial score (nSPS) is 13.1. The molecule has 5 rings (SSSR count). The molecule has 0 spiro atoms. The number of aliphatic carboxylic acids is 4. The second-order valence-corrected chi connectivity index (χ2v) is 11.5. The predicted octanol–water partition coefficient (Wildman–Crippen LogP) is 4.40. The average Bonchev–Trinajstić information content (AvgIpc) is 3.60. The van der Waals surface area contributed by atoms with E-state index >= 15 is 0 Å². The molecule has 286 valence electrons. The number of anilines is 1. The first-order valence-electron chi connectivity index (χ1n) is 17.0. The van der Waals surface area contributed by atoms with E-state index in [0.717, 1.165) is 51.3 Å². The fourth-order valence-electron chi connectivity index (χ4n) is 5.15. The molecule has 0 saturated carbocycles. The summed E-state index contributed by atoms with van der Waals surface area (Å²) in [5.41, 5.74) is 3.28. The SMILES string of the molecule is CCOC(=O)c1cn2nc(NCCCN3CCC(OC(c4ccccc4)c4ccccc4)CC3)ccc2n1.O=C(O)C=CC(=O)O.O=C(O)C=CC(=O)O. The molecule has 1 aliphatic heterocycles. The summed E-state index contributed by atoms with van der Waals surface area (Å²) >= 11 is 0. The minimum absolute atomic E-state index is 0.0353. The van der Waals surface area contributed by atoms with Crippen LogP contribution in [0.4, 0.5) is 5.82 Å². The summed E-state index contributed by atoms with van der Waals surface area (Å²) in [4.78, 5) is 56.9. The second kappa shape index (κ2) is 22.5. The number of nitrogens with zero attached hydrogens (tertiary/aromatic N) is 4. The van der Waals surface area contributed by atoms with E-state index in [1.807, 2.05) is 24.3 Å². The third-order valence-electron chi connectivity index (χ3n) is 7.57. The fraction of sp³-hybridized carbons (Fsp3) is 0.289. The van der Waals surface area contributed by atoms with Crippen molar-refractivity contribution in [1.82, 2.24) is 19.5 Å². The Morgan fingerprint density at radius 1 is 0.796 bits per heavy atom. The molecule has 3 heterocycles. The minimum Gasteiger partial charge on any atom is -0.478 e. The van der Waals surface area contributed by atoms with Crippen molar-refractivity contribution in [3.05, 3.63) is 120 Å². The Kier molecular flexibility index (Phi) is 17.5. The lowest BCUT2D eigenvalue weighted by Crippen LogP contribution is -2.38. The Morgan fingerprint density at radius 2 is 1.31 bits per heavy atom. The molecule has 2 aromatic heterocycles. The van der Waals surface area contributed by atoms with Crippen LogP contribution >= 0.6 is 0 Å². The molecule has 5 N–H and O–H groups in total. The molecule has 0 amide bonds. The molecule has 16 heteroatoms. The van der Waals surface area contributed by atoms with Gasteiger partial charge in [-0.25, -0.2) is 33.5 Å². The summed E-state index contributed by atoms with van der Waals surface area (Å²) in [6, 6.07) is 24.7. The number of benzene rings is 2. The Balaban J connectivity index is 0.000000410. The molecule has 4 aromatic rings. The maximum atomic E-state index is 11.9. The first-order chi connectivity index (χ1) is 25.9. The number of carbonyl (C=O) groups is 5. The topological polar surface area (TPSA) is 230 Å². The molecule has 0 aliphatic carbocycles. The number of ether oxygens (including phenoxy) is 2. The predicted molar refractivity (Wildman–Crippen MR) is 196 cm³/mol. The van der Waals surface area contributed by atoms with E-state index in [1.165, 1.54) is 11.1 Å². The molecular formula is C38H43N5O11. The zero-order valence-electron chi connectivity index (χ0n) is 29.6. The highest BCUT2D eigenvalue weighted by molar-refractivity contribution is 5.90. The van der Waals surface area contributed by atoms with Gasteiger partial charge < -0.3 is 40.1 Å². The van der Waals surface area contributed by atoms with Crippen LogP contribution in [0.2, 0.25) is 0 Å². The van der Waals surface area contributed by atoms with Gasteiger partial charge >= 0.3 is 29.8 Å². The average molecular weight is 746 g/mol.